The first-order valence-electron chi connectivity index (χ1n) is 13.8. The summed E-state index contributed by atoms with van der Waals surface area (Å²) in [4.78, 5) is 32.9. The van der Waals surface area contributed by atoms with Gasteiger partial charge in [-0.3, -0.25) is 13.8 Å². The summed E-state index contributed by atoms with van der Waals surface area (Å²) in [6.07, 6.45) is 1.68. The maximum Gasteiger partial charge on any atom is 0.293 e. The molecule has 1 saturated heterocycles. The third-order valence-electron chi connectivity index (χ3n) is 7.46. The zero-order valence-corrected chi connectivity index (χ0v) is 25.0. The Morgan fingerprint density at radius 2 is 1.67 bits per heavy atom. The number of nitrogens with one attached hydrogen (secondary N) is 2. The summed E-state index contributed by atoms with van der Waals surface area (Å²) in [6, 6.07) is 20.2. The number of carbonyl (C=O) groups excluding carboxylic acids is 1. The number of hydrogen-bond donors (Lipinski definition) is 3. The molecule has 0 unspecified atom stereocenters. The van der Waals surface area contributed by atoms with Crippen molar-refractivity contribution in [2.24, 2.45) is 7.05 Å². The number of aliphatic hydroxyl groups is 1. The fourth-order valence-corrected chi connectivity index (χ4v) is 5.93. The van der Waals surface area contributed by atoms with Gasteiger partial charge < -0.3 is 25.2 Å². The zero-order valence-electron chi connectivity index (χ0n) is 24.2. The van der Waals surface area contributed by atoms with Crippen LogP contribution in [-0.2, 0) is 23.4 Å². The van der Waals surface area contributed by atoms with E-state index in [1.165, 1.54) is 4.57 Å². The Balaban J connectivity index is 1.36. The van der Waals surface area contributed by atoms with Crippen molar-refractivity contribution in [3.63, 3.8) is 0 Å². The summed E-state index contributed by atoms with van der Waals surface area (Å²) in [5.41, 5.74) is 4.52. The first kappa shape index (κ1) is 29.2. The Morgan fingerprint density at radius 3 is 2.31 bits per heavy atom. The van der Waals surface area contributed by atoms with Crippen LogP contribution in [0, 0.1) is 6.92 Å². The van der Waals surface area contributed by atoms with E-state index in [1.54, 1.807) is 51.4 Å². The van der Waals surface area contributed by atoms with Gasteiger partial charge in [-0.05, 0) is 74.4 Å². The number of amides is 1. The molecule has 10 heteroatoms. The van der Waals surface area contributed by atoms with E-state index in [0.29, 0.717) is 28.5 Å². The van der Waals surface area contributed by atoms with Gasteiger partial charge in [0, 0.05) is 76.8 Å². The van der Waals surface area contributed by atoms with Crippen LogP contribution >= 0.6 is 0 Å². The lowest BCUT2D eigenvalue weighted by atomic mass is 9.97. The van der Waals surface area contributed by atoms with Gasteiger partial charge in [0.2, 0.25) is 0 Å². The number of aromatic nitrogens is 2. The molecule has 0 bridgehead atoms. The molecule has 1 aromatic heterocycles. The van der Waals surface area contributed by atoms with Crippen LogP contribution in [-0.4, -0.2) is 49.4 Å². The van der Waals surface area contributed by atoms with Crippen LogP contribution in [0.1, 0.15) is 35.3 Å². The fraction of sp³-hybridized carbons (Fsp3) is 0.281. The first-order valence-corrected chi connectivity index (χ1v) is 15.3. The summed E-state index contributed by atoms with van der Waals surface area (Å²) in [6.45, 7) is 6.82. The summed E-state index contributed by atoms with van der Waals surface area (Å²) >= 11 is 0. The summed E-state index contributed by atoms with van der Waals surface area (Å²) < 4.78 is 13.2. The second-order valence-corrected chi connectivity index (χ2v) is 12.7. The first-order chi connectivity index (χ1) is 20.0. The number of anilines is 4. The molecule has 1 fully saturated rings. The standard InChI is InChI=1S/C32H35N5O4S/c1-21-26(6-5-7-27(21)35-30(38)22-8-10-23(11-9-22)32(2,3)40)28-20-36(4)31(39)29(34-28)33-24-12-14-25(15-13-24)37-16-18-42(41)19-17-37/h5-15,20,40H,16-19H2,1-4H3,(H,33,34)(H,35,38). The highest BCUT2D eigenvalue weighted by atomic mass is 32.2. The van der Waals surface area contributed by atoms with Crippen LogP contribution < -0.4 is 21.1 Å². The van der Waals surface area contributed by atoms with Crippen LogP contribution in [0.3, 0.4) is 0 Å². The largest absolute Gasteiger partial charge is 0.386 e. The average Bonchev–Trinajstić information content (AvgIpc) is 2.97. The third kappa shape index (κ3) is 6.45. The molecule has 1 aliphatic heterocycles. The minimum Gasteiger partial charge on any atom is -0.386 e. The molecule has 0 atom stereocenters. The monoisotopic (exact) mass is 585 g/mol. The molecule has 5 rings (SSSR count). The number of benzene rings is 3. The highest BCUT2D eigenvalue weighted by Gasteiger charge is 2.18. The SMILES string of the molecule is Cc1c(NC(=O)c2ccc(C(C)(C)O)cc2)cccc1-c1cn(C)c(=O)c(Nc2ccc(N3CCS(=O)CC3)cc2)n1. The lowest BCUT2D eigenvalue weighted by Gasteiger charge is -2.28. The highest BCUT2D eigenvalue weighted by Crippen LogP contribution is 2.29. The predicted octanol–water partition coefficient (Wildman–Crippen LogP) is 4.55. The number of nitrogens with zero attached hydrogens (tertiary/aromatic N) is 3. The predicted molar refractivity (Wildman–Crippen MR) is 169 cm³/mol. The molecule has 9 nitrogen and oxygen atoms in total. The Hall–Kier alpha value is -4.28. The molecule has 3 aromatic carbocycles. The van der Waals surface area contributed by atoms with E-state index in [0.717, 1.165) is 41.2 Å². The Morgan fingerprint density at radius 1 is 1.00 bits per heavy atom. The Labute approximate surface area is 247 Å². The van der Waals surface area contributed by atoms with E-state index in [4.69, 9.17) is 0 Å². The number of rotatable bonds is 7. The van der Waals surface area contributed by atoms with Crippen molar-refractivity contribution in [3.8, 4) is 11.3 Å². The van der Waals surface area contributed by atoms with Crippen LogP contribution in [0.4, 0.5) is 22.9 Å². The molecule has 0 spiro atoms. The van der Waals surface area contributed by atoms with Gasteiger partial charge in [0.15, 0.2) is 5.82 Å². The molecule has 0 radical (unpaired) electrons. The quantitative estimate of drug-likeness (QED) is 0.291. The topological polar surface area (TPSA) is 117 Å². The van der Waals surface area contributed by atoms with Crippen molar-refractivity contribution in [2.75, 3.05) is 40.1 Å². The molecular formula is C32H35N5O4S. The molecule has 4 aromatic rings. The second kappa shape index (κ2) is 11.9. The van der Waals surface area contributed by atoms with Gasteiger partial charge in [0.1, 0.15) is 0 Å². The minimum atomic E-state index is -0.990. The summed E-state index contributed by atoms with van der Waals surface area (Å²) in [7, 11) is 0.946. The molecule has 218 valence electrons. The van der Waals surface area contributed by atoms with Crippen LogP contribution in [0.25, 0.3) is 11.3 Å². The van der Waals surface area contributed by atoms with Crippen molar-refractivity contribution in [1.82, 2.24) is 9.55 Å². The zero-order chi connectivity index (χ0) is 30.0. The molecule has 3 N–H and O–H groups in total. The molecule has 0 saturated carbocycles. The normalized spacial score (nSPS) is 14.1. The van der Waals surface area contributed by atoms with E-state index < -0.39 is 16.4 Å². The molecule has 0 aliphatic carbocycles. The second-order valence-electron chi connectivity index (χ2n) is 11.0. The van der Waals surface area contributed by atoms with E-state index >= 15 is 0 Å². The van der Waals surface area contributed by atoms with Gasteiger partial charge in [-0.25, -0.2) is 4.98 Å². The van der Waals surface area contributed by atoms with E-state index in [1.807, 2.05) is 49.4 Å². The van der Waals surface area contributed by atoms with Gasteiger partial charge >= 0.3 is 0 Å². The molecule has 1 aliphatic rings. The molecular weight excluding hydrogens is 550 g/mol. The van der Waals surface area contributed by atoms with Gasteiger partial charge in [-0.1, -0.05) is 24.3 Å². The third-order valence-corrected chi connectivity index (χ3v) is 8.73. The van der Waals surface area contributed by atoms with Gasteiger partial charge in [0.25, 0.3) is 11.5 Å². The maximum absolute atomic E-state index is 13.0. The van der Waals surface area contributed by atoms with Crippen molar-refractivity contribution in [2.45, 2.75) is 26.4 Å². The van der Waals surface area contributed by atoms with Crippen molar-refractivity contribution < 1.29 is 14.1 Å². The van der Waals surface area contributed by atoms with E-state index in [-0.39, 0.29) is 17.3 Å². The summed E-state index contributed by atoms with van der Waals surface area (Å²) in [5, 5.41) is 16.3. The van der Waals surface area contributed by atoms with Crippen molar-refractivity contribution in [3.05, 3.63) is 100.0 Å². The van der Waals surface area contributed by atoms with Crippen LogP contribution in [0.15, 0.2) is 77.7 Å². The minimum absolute atomic E-state index is 0.192. The van der Waals surface area contributed by atoms with Crippen LogP contribution in [0.5, 0.6) is 0 Å². The molecule has 2 heterocycles. The molecule has 1 amide bonds. The van der Waals surface area contributed by atoms with Crippen molar-refractivity contribution >= 4 is 39.6 Å². The van der Waals surface area contributed by atoms with Gasteiger partial charge in [0.05, 0.1) is 11.3 Å². The van der Waals surface area contributed by atoms with Gasteiger partial charge in [-0.2, -0.15) is 0 Å². The Bertz CT molecular complexity index is 1680. The van der Waals surface area contributed by atoms with Gasteiger partial charge in [-0.15, -0.1) is 0 Å². The Kier molecular flexibility index (Phi) is 8.29. The average molecular weight is 586 g/mol. The molecule has 42 heavy (non-hydrogen) atoms. The van der Waals surface area contributed by atoms with E-state index in [2.05, 4.69) is 20.5 Å². The highest BCUT2D eigenvalue weighted by molar-refractivity contribution is 7.85. The summed E-state index contributed by atoms with van der Waals surface area (Å²) in [5.74, 6) is 1.27. The van der Waals surface area contributed by atoms with Crippen molar-refractivity contribution in [1.29, 1.82) is 0 Å². The van der Waals surface area contributed by atoms with E-state index in [9.17, 15) is 18.9 Å². The lowest BCUT2D eigenvalue weighted by molar-refractivity contribution is 0.0785. The number of aryl methyl sites for hydroxylation is 1. The number of hydrogen-bond acceptors (Lipinski definition) is 7. The smallest absolute Gasteiger partial charge is 0.293 e. The lowest BCUT2D eigenvalue weighted by Crippen LogP contribution is -2.37. The fourth-order valence-electron chi connectivity index (χ4n) is 4.88. The number of carbonyl (C=O) groups is 1. The van der Waals surface area contributed by atoms with Crippen LogP contribution in [0.2, 0.25) is 0 Å². The maximum atomic E-state index is 13.0.